The lowest BCUT2D eigenvalue weighted by Gasteiger charge is -2.13. The van der Waals surface area contributed by atoms with Crippen molar-refractivity contribution in [3.63, 3.8) is 0 Å². The molecule has 2 aromatic carbocycles. The van der Waals surface area contributed by atoms with Crippen LogP contribution in [0.1, 0.15) is 21.5 Å². The van der Waals surface area contributed by atoms with Crippen LogP contribution < -0.4 is 10.5 Å². The van der Waals surface area contributed by atoms with Crippen LogP contribution >= 0.6 is 11.8 Å². The third kappa shape index (κ3) is 4.19. The van der Waals surface area contributed by atoms with Crippen LogP contribution in [0, 0.1) is 22.7 Å². The van der Waals surface area contributed by atoms with Gasteiger partial charge in [-0.25, -0.2) is 4.98 Å². The summed E-state index contributed by atoms with van der Waals surface area (Å²) in [4.78, 5) is 16.7. The van der Waals surface area contributed by atoms with E-state index in [2.05, 4.69) is 11.1 Å². The summed E-state index contributed by atoms with van der Waals surface area (Å²) < 4.78 is 5.09. The molecule has 0 unspecified atom stereocenters. The zero-order valence-corrected chi connectivity index (χ0v) is 16.7. The number of aromatic nitrogens is 1. The molecule has 0 aliphatic rings. The Morgan fingerprint density at radius 3 is 2.30 bits per heavy atom. The maximum Gasteiger partial charge on any atom is 0.173 e. The number of nitriles is 2. The second-order valence-electron chi connectivity index (χ2n) is 6.14. The van der Waals surface area contributed by atoms with E-state index in [0.717, 1.165) is 11.8 Å². The summed E-state index contributed by atoms with van der Waals surface area (Å²) >= 11 is 1.08. The van der Waals surface area contributed by atoms with E-state index in [4.69, 9.17) is 10.5 Å². The van der Waals surface area contributed by atoms with Gasteiger partial charge in [0, 0.05) is 11.1 Å². The lowest BCUT2D eigenvalue weighted by molar-refractivity contribution is 0.102. The minimum absolute atomic E-state index is 0.0287. The van der Waals surface area contributed by atoms with Crippen LogP contribution in [0.25, 0.3) is 11.1 Å². The molecule has 0 aliphatic carbocycles. The summed E-state index contributed by atoms with van der Waals surface area (Å²) in [7, 11) is 1.54. The van der Waals surface area contributed by atoms with Gasteiger partial charge in [0.05, 0.1) is 18.4 Å². The van der Waals surface area contributed by atoms with E-state index >= 15 is 0 Å². The lowest BCUT2D eigenvalue weighted by atomic mass is 9.97. The number of ketones is 1. The van der Waals surface area contributed by atoms with Gasteiger partial charge < -0.3 is 15.6 Å². The number of carbonyl (C=O) groups is 1. The quantitative estimate of drug-likeness (QED) is 0.458. The molecule has 0 fully saturated rings. The molecule has 30 heavy (non-hydrogen) atoms. The monoisotopic (exact) mass is 416 g/mol. The average molecular weight is 416 g/mol. The molecule has 3 rings (SSSR count). The van der Waals surface area contributed by atoms with E-state index in [-0.39, 0.29) is 39.3 Å². The number of aromatic hydroxyl groups is 1. The fourth-order valence-corrected chi connectivity index (χ4v) is 3.70. The molecular weight excluding hydrogens is 400 g/mol. The molecule has 3 aromatic rings. The van der Waals surface area contributed by atoms with Gasteiger partial charge in [-0.2, -0.15) is 10.5 Å². The highest BCUT2D eigenvalue weighted by molar-refractivity contribution is 8.00. The van der Waals surface area contributed by atoms with Crippen LogP contribution in [-0.4, -0.2) is 28.7 Å². The summed E-state index contributed by atoms with van der Waals surface area (Å²) in [5.41, 5.74) is 7.56. The predicted octanol–water partition coefficient (Wildman–Crippen LogP) is 3.76. The lowest BCUT2D eigenvalue weighted by Crippen LogP contribution is -2.06. The average Bonchev–Trinajstić information content (AvgIpc) is 2.77. The Morgan fingerprint density at radius 1 is 1.10 bits per heavy atom. The molecule has 0 radical (unpaired) electrons. The second-order valence-corrected chi connectivity index (χ2v) is 7.10. The van der Waals surface area contributed by atoms with Gasteiger partial charge in [-0.1, -0.05) is 23.9 Å². The van der Waals surface area contributed by atoms with Crippen molar-refractivity contribution >= 4 is 23.4 Å². The molecule has 0 saturated heterocycles. The van der Waals surface area contributed by atoms with Crippen LogP contribution in [0.2, 0.25) is 0 Å². The minimum atomic E-state index is -0.151. The van der Waals surface area contributed by atoms with Crippen molar-refractivity contribution in [2.45, 2.75) is 5.03 Å². The molecule has 0 bridgehead atoms. The maximum atomic E-state index is 12.5. The zero-order valence-electron chi connectivity index (χ0n) is 15.9. The molecule has 1 heterocycles. The van der Waals surface area contributed by atoms with Gasteiger partial charge in [-0.3, -0.25) is 4.79 Å². The number of anilines is 1. The molecule has 0 amide bonds. The number of ether oxygens (including phenoxy) is 1. The Labute approximate surface area is 177 Å². The Bertz CT molecular complexity index is 1180. The molecule has 1 aromatic heterocycles. The smallest absolute Gasteiger partial charge is 0.173 e. The van der Waals surface area contributed by atoms with Crippen molar-refractivity contribution in [1.29, 1.82) is 10.5 Å². The number of nitrogen functional groups attached to an aromatic ring is 1. The van der Waals surface area contributed by atoms with Gasteiger partial charge in [0.1, 0.15) is 40.0 Å². The van der Waals surface area contributed by atoms with Crippen molar-refractivity contribution in [1.82, 2.24) is 4.98 Å². The minimum Gasteiger partial charge on any atom is -0.508 e. The molecule has 0 saturated carbocycles. The largest absolute Gasteiger partial charge is 0.508 e. The molecule has 8 heteroatoms. The summed E-state index contributed by atoms with van der Waals surface area (Å²) in [6.07, 6.45) is 0. The van der Waals surface area contributed by atoms with E-state index in [1.807, 2.05) is 6.07 Å². The third-order valence-corrected chi connectivity index (χ3v) is 5.30. The number of rotatable bonds is 6. The van der Waals surface area contributed by atoms with Gasteiger partial charge in [-0.15, -0.1) is 0 Å². The summed E-state index contributed by atoms with van der Waals surface area (Å²) in [6.45, 7) is 0. The summed E-state index contributed by atoms with van der Waals surface area (Å²) in [5, 5.41) is 29.1. The molecule has 0 spiro atoms. The number of nitrogens with two attached hydrogens (primary N) is 1. The number of hydrogen-bond acceptors (Lipinski definition) is 8. The highest BCUT2D eigenvalue weighted by Crippen LogP contribution is 2.36. The number of phenols is 1. The maximum absolute atomic E-state index is 12.5. The fourth-order valence-electron chi connectivity index (χ4n) is 2.81. The number of carbonyl (C=O) groups excluding carboxylic acids is 1. The van der Waals surface area contributed by atoms with Crippen molar-refractivity contribution in [3.8, 4) is 34.8 Å². The van der Waals surface area contributed by atoms with Gasteiger partial charge in [0.15, 0.2) is 5.78 Å². The molecular formula is C22H16N4O3S. The van der Waals surface area contributed by atoms with E-state index in [1.54, 1.807) is 43.5 Å². The summed E-state index contributed by atoms with van der Waals surface area (Å²) in [6, 6.07) is 16.9. The molecule has 0 atom stereocenters. The van der Waals surface area contributed by atoms with E-state index in [0.29, 0.717) is 22.4 Å². The molecule has 148 valence electrons. The highest BCUT2D eigenvalue weighted by atomic mass is 32.2. The first-order valence-corrected chi connectivity index (χ1v) is 9.70. The number of nitrogens with zero attached hydrogens (tertiary/aromatic N) is 3. The van der Waals surface area contributed by atoms with Crippen molar-refractivity contribution in [3.05, 3.63) is 65.2 Å². The Morgan fingerprint density at radius 2 is 1.73 bits per heavy atom. The summed E-state index contributed by atoms with van der Waals surface area (Å²) in [5.74, 6) is 0.555. The molecule has 7 nitrogen and oxygen atoms in total. The normalized spacial score (nSPS) is 10.1. The molecule has 3 N–H and O–H groups in total. The number of thioether (sulfide) groups is 1. The number of pyridine rings is 1. The van der Waals surface area contributed by atoms with Crippen molar-refractivity contribution in [2.24, 2.45) is 0 Å². The SMILES string of the molecule is COc1ccc(C(=O)CSc2nc(N)c(C#N)c(-c3ccc(O)cc3)c2C#N)cc1. The van der Waals surface area contributed by atoms with Crippen LogP contribution in [-0.2, 0) is 0 Å². The number of benzene rings is 2. The Hall–Kier alpha value is -4.01. The topological polar surface area (TPSA) is 133 Å². The van der Waals surface area contributed by atoms with Gasteiger partial charge >= 0.3 is 0 Å². The molecule has 0 aliphatic heterocycles. The van der Waals surface area contributed by atoms with E-state index in [9.17, 15) is 20.4 Å². The van der Waals surface area contributed by atoms with E-state index < -0.39 is 0 Å². The van der Waals surface area contributed by atoms with Crippen LogP contribution in [0.4, 0.5) is 5.82 Å². The number of phenolic OH excluding ortho intramolecular Hbond substituents is 1. The van der Waals surface area contributed by atoms with E-state index in [1.165, 1.54) is 12.1 Å². The Balaban J connectivity index is 1.97. The number of methoxy groups -OCH3 is 1. The van der Waals surface area contributed by atoms with Gasteiger partial charge in [0.2, 0.25) is 0 Å². The number of hydrogen-bond donors (Lipinski definition) is 2. The standard InChI is InChI=1S/C22H16N4O3S/c1-29-16-8-4-13(5-9-16)19(28)12-30-22-18(11-24)20(17(10-23)21(25)26-22)14-2-6-15(27)7-3-14/h2-9,27H,12H2,1H3,(H2,25,26). The van der Waals surface area contributed by atoms with Gasteiger partial charge in [-0.05, 0) is 42.0 Å². The first-order valence-electron chi connectivity index (χ1n) is 8.71. The van der Waals surface area contributed by atoms with Crippen LogP contribution in [0.3, 0.4) is 0 Å². The zero-order chi connectivity index (χ0) is 21.7. The van der Waals surface area contributed by atoms with Crippen molar-refractivity contribution < 1.29 is 14.6 Å². The first kappa shape index (κ1) is 20.7. The highest BCUT2D eigenvalue weighted by Gasteiger charge is 2.21. The van der Waals surface area contributed by atoms with Crippen LogP contribution in [0.15, 0.2) is 53.6 Å². The van der Waals surface area contributed by atoms with Gasteiger partial charge in [0.25, 0.3) is 0 Å². The second kappa shape index (κ2) is 8.99. The predicted molar refractivity (Wildman–Crippen MR) is 113 cm³/mol. The van der Waals surface area contributed by atoms with Crippen LogP contribution in [0.5, 0.6) is 11.5 Å². The number of Topliss-reactive ketones (excluding diaryl/α,β-unsaturated/α-hetero) is 1. The fraction of sp³-hybridized carbons (Fsp3) is 0.0909. The van der Waals surface area contributed by atoms with Crippen molar-refractivity contribution in [2.75, 3.05) is 18.6 Å². The Kier molecular flexibility index (Phi) is 6.21. The third-order valence-electron chi connectivity index (χ3n) is 4.32. The first-order chi connectivity index (χ1) is 14.5.